The molecule has 3 unspecified atom stereocenters. The van der Waals surface area contributed by atoms with Crippen molar-refractivity contribution in [2.75, 3.05) is 6.61 Å². The zero-order valence-electron chi connectivity index (χ0n) is 31.3. The Morgan fingerprint density at radius 2 is 0.958 bits per heavy atom. The van der Waals surface area contributed by atoms with Crippen LogP contribution in [-0.4, -0.2) is 46.1 Å². The lowest BCUT2D eigenvalue weighted by molar-refractivity contribution is -0.124. The second-order valence-corrected chi connectivity index (χ2v) is 13.5. The van der Waals surface area contributed by atoms with Gasteiger partial charge in [-0.1, -0.05) is 164 Å². The summed E-state index contributed by atoms with van der Waals surface area (Å²) in [5, 5.41) is 33.1. The summed E-state index contributed by atoms with van der Waals surface area (Å²) in [5.74, 6) is -0.337. The average molecular weight is 672 g/mol. The third kappa shape index (κ3) is 33.9. The fourth-order valence-electron chi connectivity index (χ4n) is 5.65. The molecular weight excluding hydrogens is 594 g/mol. The molecule has 0 bridgehead atoms. The van der Waals surface area contributed by atoms with Crippen molar-refractivity contribution in [2.24, 2.45) is 0 Å². The van der Waals surface area contributed by atoms with Gasteiger partial charge < -0.3 is 20.6 Å². The van der Waals surface area contributed by atoms with Gasteiger partial charge in [0.05, 0.1) is 31.3 Å². The minimum Gasteiger partial charge on any atom is -0.394 e. The number of aliphatic hydroxyl groups is 3. The van der Waals surface area contributed by atoms with Gasteiger partial charge in [-0.05, 0) is 70.6 Å². The summed E-state index contributed by atoms with van der Waals surface area (Å²) in [6.45, 7) is 4.14. The van der Waals surface area contributed by atoms with E-state index < -0.39 is 18.2 Å². The minimum atomic E-state index is -0.962. The van der Waals surface area contributed by atoms with Crippen molar-refractivity contribution < 1.29 is 20.1 Å². The number of hydrogen-bond acceptors (Lipinski definition) is 4. The van der Waals surface area contributed by atoms with Crippen molar-refractivity contribution in [3.05, 3.63) is 60.8 Å². The molecule has 0 saturated heterocycles. The van der Waals surface area contributed by atoms with Crippen LogP contribution in [0.3, 0.4) is 0 Å². The van der Waals surface area contributed by atoms with Crippen LogP contribution in [0.15, 0.2) is 60.8 Å². The molecule has 0 aliphatic carbocycles. The molecule has 0 radical (unpaired) electrons. The van der Waals surface area contributed by atoms with Crippen molar-refractivity contribution in [3.63, 3.8) is 0 Å². The summed E-state index contributed by atoms with van der Waals surface area (Å²) in [7, 11) is 0. The predicted molar refractivity (Wildman–Crippen MR) is 208 cm³/mol. The van der Waals surface area contributed by atoms with Gasteiger partial charge >= 0.3 is 0 Å². The molecule has 0 aromatic carbocycles. The van der Waals surface area contributed by atoms with Gasteiger partial charge in [-0.15, -0.1) is 0 Å². The van der Waals surface area contributed by atoms with Gasteiger partial charge in [0.15, 0.2) is 0 Å². The molecule has 0 saturated carbocycles. The Morgan fingerprint density at radius 1 is 0.542 bits per heavy atom. The maximum absolute atomic E-state index is 12.4. The van der Waals surface area contributed by atoms with E-state index in [2.05, 4.69) is 67.8 Å². The summed E-state index contributed by atoms with van der Waals surface area (Å²) in [6, 6.07) is -0.771. The summed E-state index contributed by atoms with van der Waals surface area (Å²) in [6.07, 6.45) is 49.1. The molecule has 0 aliphatic heterocycles. The Morgan fingerprint density at radius 3 is 1.50 bits per heavy atom. The monoisotopic (exact) mass is 672 g/mol. The largest absolute Gasteiger partial charge is 0.394 e. The predicted octanol–water partition coefficient (Wildman–Crippen LogP) is 11.1. The lowest BCUT2D eigenvalue weighted by Crippen LogP contribution is -2.45. The van der Waals surface area contributed by atoms with Crippen molar-refractivity contribution in [2.45, 2.75) is 199 Å². The van der Waals surface area contributed by atoms with Crippen molar-refractivity contribution in [1.82, 2.24) is 5.32 Å². The highest BCUT2D eigenvalue weighted by molar-refractivity contribution is 5.76. The van der Waals surface area contributed by atoms with Crippen LogP contribution in [0.5, 0.6) is 0 Å². The zero-order chi connectivity index (χ0) is 35.2. The maximum atomic E-state index is 12.4. The first-order valence-corrected chi connectivity index (χ1v) is 20.1. The quantitative estimate of drug-likeness (QED) is 0.0307. The van der Waals surface area contributed by atoms with Crippen LogP contribution in [0.2, 0.25) is 0 Å². The fraction of sp³-hybridized carbons (Fsp3) is 0.744. The number of rotatable bonds is 35. The zero-order valence-corrected chi connectivity index (χ0v) is 31.3. The number of aliphatic hydroxyl groups excluding tert-OH is 3. The Bertz CT molecular complexity index is 831. The van der Waals surface area contributed by atoms with Crippen LogP contribution >= 0.6 is 0 Å². The van der Waals surface area contributed by atoms with Crippen LogP contribution < -0.4 is 5.32 Å². The number of carbonyl (C=O) groups excluding carboxylic acids is 1. The lowest BCUT2D eigenvalue weighted by Gasteiger charge is -2.21. The van der Waals surface area contributed by atoms with E-state index in [9.17, 15) is 20.1 Å². The van der Waals surface area contributed by atoms with E-state index in [0.29, 0.717) is 6.42 Å². The Balaban J connectivity index is 3.81. The van der Waals surface area contributed by atoms with Crippen molar-refractivity contribution in [1.29, 1.82) is 0 Å². The first-order chi connectivity index (χ1) is 23.5. The van der Waals surface area contributed by atoms with Crippen LogP contribution in [0.25, 0.3) is 0 Å². The standard InChI is InChI=1S/C43H77NO4/c1-3-5-7-9-11-13-15-17-19-21-22-24-26-28-30-32-34-36-40(46)38-43(48)44-41(39-45)42(47)37-35-33-31-29-27-25-23-20-18-16-14-12-10-8-6-4-2/h11,13,15,17-18,20,27,29,35,37,40-42,45-47H,3-10,12,14,16,19,21-26,28,30-34,36,38-39H2,1-2H3,(H,44,48)/b13-11-,17-15-,20-18+,29-27+,37-35+. The van der Waals surface area contributed by atoms with E-state index in [0.717, 1.165) is 44.9 Å². The van der Waals surface area contributed by atoms with Gasteiger partial charge in [0.25, 0.3) is 0 Å². The topological polar surface area (TPSA) is 89.8 Å². The molecule has 4 N–H and O–H groups in total. The van der Waals surface area contributed by atoms with E-state index >= 15 is 0 Å². The highest BCUT2D eigenvalue weighted by atomic mass is 16.3. The minimum absolute atomic E-state index is 0.00490. The van der Waals surface area contributed by atoms with Gasteiger partial charge in [0, 0.05) is 0 Å². The molecular formula is C43H77NO4. The first kappa shape index (κ1) is 46.0. The van der Waals surface area contributed by atoms with Gasteiger partial charge in [-0.25, -0.2) is 0 Å². The molecule has 0 fully saturated rings. The van der Waals surface area contributed by atoms with E-state index in [-0.39, 0.29) is 18.9 Å². The van der Waals surface area contributed by atoms with E-state index in [1.807, 2.05) is 6.08 Å². The molecule has 5 heteroatoms. The molecule has 0 heterocycles. The highest BCUT2D eigenvalue weighted by Gasteiger charge is 2.20. The fourth-order valence-corrected chi connectivity index (χ4v) is 5.65. The average Bonchev–Trinajstić information content (AvgIpc) is 3.08. The summed E-state index contributed by atoms with van der Waals surface area (Å²) in [4.78, 5) is 12.4. The van der Waals surface area contributed by atoms with Gasteiger partial charge in [-0.3, -0.25) is 4.79 Å². The second-order valence-electron chi connectivity index (χ2n) is 13.5. The second kappa shape index (κ2) is 37.9. The molecule has 5 nitrogen and oxygen atoms in total. The van der Waals surface area contributed by atoms with Crippen molar-refractivity contribution >= 4 is 5.91 Å². The molecule has 278 valence electrons. The molecule has 0 rings (SSSR count). The third-order valence-electron chi connectivity index (χ3n) is 8.78. The van der Waals surface area contributed by atoms with E-state index in [4.69, 9.17) is 0 Å². The SMILES string of the molecule is CCCCC/C=C\C=C/CCCCCCCCCCC(O)CC(=O)NC(CO)C(O)/C=C/CC/C=C/CC/C=C/CCCCCCCC. The molecule has 0 aromatic rings. The van der Waals surface area contributed by atoms with E-state index in [1.54, 1.807) is 6.08 Å². The summed E-state index contributed by atoms with van der Waals surface area (Å²) < 4.78 is 0. The summed E-state index contributed by atoms with van der Waals surface area (Å²) in [5.41, 5.74) is 0. The van der Waals surface area contributed by atoms with Crippen LogP contribution in [0.1, 0.15) is 181 Å². The Hall–Kier alpha value is -1.95. The highest BCUT2D eigenvalue weighted by Crippen LogP contribution is 2.13. The Kier molecular flexibility index (Phi) is 36.3. The van der Waals surface area contributed by atoms with Crippen LogP contribution in [0.4, 0.5) is 0 Å². The maximum Gasteiger partial charge on any atom is 0.222 e. The smallest absolute Gasteiger partial charge is 0.222 e. The van der Waals surface area contributed by atoms with Gasteiger partial charge in [-0.2, -0.15) is 0 Å². The number of carbonyl (C=O) groups is 1. The number of hydrogen-bond donors (Lipinski definition) is 4. The number of allylic oxidation sites excluding steroid dienone is 9. The molecule has 1 amide bonds. The van der Waals surface area contributed by atoms with Crippen molar-refractivity contribution in [3.8, 4) is 0 Å². The normalized spacial score (nSPS) is 14.4. The Labute approximate surface area is 297 Å². The third-order valence-corrected chi connectivity index (χ3v) is 8.78. The molecule has 0 aromatic heterocycles. The lowest BCUT2D eigenvalue weighted by atomic mass is 10.0. The van der Waals surface area contributed by atoms with Gasteiger partial charge in [0.1, 0.15) is 0 Å². The molecule has 48 heavy (non-hydrogen) atoms. The van der Waals surface area contributed by atoms with E-state index in [1.165, 1.54) is 109 Å². The number of unbranched alkanes of at least 4 members (excludes halogenated alkanes) is 19. The summed E-state index contributed by atoms with van der Waals surface area (Å²) >= 11 is 0. The molecule has 0 spiro atoms. The van der Waals surface area contributed by atoms with Gasteiger partial charge in [0.2, 0.25) is 5.91 Å². The molecule has 0 aliphatic rings. The number of amides is 1. The van der Waals surface area contributed by atoms with Crippen LogP contribution in [0, 0.1) is 0 Å². The first-order valence-electron chi connectivity index (χ1n) is 20.1. The van der Waals surface area contributed by atoms with Crippen LogP contribution in [-0.2, 0) is 4.79 Å². The number of nitrogens with one attached hydrogen (secondary N) is 1. The molecule has 3 atom stereocenters.